The van der Waals surface area contributed by atoms with Crippen LogP contribution in [0.1, 0.15) is 33.1 Å². The molecule has 0 fully saturated rings. The summed E-state index contributed by atoms with van der Waals surface area (Å²) in [5.41, 5.74) is 1.48. The van der Waals surface area contributed by atoms with E-state index in [1.54, 1.807) is 6.08 Å². The fourth-order valence-corrected chi connectivity index (χ4v) is 1.73. The molecule has 1 aliphatic carbocycles. The Balaban J connectivity index is 2.77. The van der Waals surface area contributed by atoms with Crippen LogP contribution in [-0.2, 0) is 4.79 Å². The molecule has 0 aromatic carbocycles. The van der Waals surface area contributed by atoms with E-state index < -0.39 is 0 Å². The molecule has 1 rings (SSSR count). The highest BCUT2D eigenvalue weighted by Crippen LogP contribution is 2.35. The van der Waals surface area contributed by atoms with Gasteiger partial charge in [0.05, 0.1) is 0 Å². The summed E-state index contributed by atoms with van der Waals surface area (Å²) in [5.74, 6) is 0. The van der Waals surface area contributed by atoms with E-state index in [0.717, 1.165) is 25.5 Å². The van der Waals surface area contributed by atoms with Crippen LogP contribution in [0.15, 0.2) is 36.0 Å². The van der Waals surface area contributed by atoms with E-state index in [2.05, 4.69) is 32.1 Å². The zero-order valence-electron chi connectivity index (χ0n) is 8.99. The maximum Gasteiger partial charge on any atom is 0.142 e. The van der Waals surface area contributed by atoms with Crippen LogP contribution in [0, 0.1) is 5.41 Å². The highest BCUT2D eigenvalue weighted by Gasteiger charge is 2.22. The summed E-state index contributed by atoms with van der Waals surface area (Å²) in [4.78, 5) is 10.3. The molecule has 14 heavy (non-hydrogen) atoms. The largest absolute Gasteiger partial charge is 0.299 e. The van der Waals surface area contributed by atoms with Gasteiger partial charge in [-0.15, -0.1) is 0 Å². The Morgan fingerprint density at radius 3 is 2.71 bits per heavy atom. The lowest BCUT2D eigenvalue weighted by molar-refractivity contribution is -0.104. The van der Waals surface area contributed by atoms with Crippen LogP contribution in [0.3, 0.4) is 0 Å². The molecule has 76 valence electrons. The number of allylic oxidation sites excluding steroid dienone is 6. The maximum atomic E-state index is 10.3. The van der Waals surface area contributed by atoms with E-state index in [1.165, 1.54) is 5.57 Å². The first kappa shape index (κ1) is 11.0. The molecule has 0 saturated heterocycles. The highest BCUT2D eigenvalue weighted by molar-refractivity contribution is 5.65. The molecular formula is C13H18O. The van der Waals surface area contributed by atoms with Crippen LogP contribution >= 0.6 is 0 Å². The summed E-state index contributed by atoms with van der Waals surface area (Å²) in [6, 6.07) is 0. The van der Waals surface area contributed by atoms with Crippen LogP contribution in [0.2, 0.25) is 0 Å². The first-order valence-corrected chi connectivity index (χ1v) is 5.27. The lowest BCUT2D eigenvalue weighted by atomic mass is 9.77. The molecule has 0 heterocycles. The molecule has 0 saturated carbocycles. The van der Waals surface area contributed by atoms with Gasteiger partial charge < -0.3 is 0 Å². The van der Waals surface area contributed by atoms with E-state index in [4.69, 9.17) is 0 Å². The average Bonchev–Trinajstić information content (AvgIpc) is 2.27. The number of hydrogen-bond acceptors (Lipinski definition) is 1. The van der Waals surface area contributed by atoms with E-state index in [1.807, 2.05) is 6.08 Å². The van der Waals surface area contributed by atoms with Gasteiger partial charge in [-0.05, 0) is 25.3 Å². The van der Waals surface area contributed by atoms with Crippen LogP contribution in [0.5, 0.6) is 0 Å². The zero-order valence-corrected chi connectivity index (χ0v) is 8.99. The Morgan fingerprint density at radius 2 is 2.29 bits per heavy atom. The molecule has 1 unspecified atom stereocenters. The number of carbonyl (C=O) groups excluding carboxylic acids is 1. The van der Waals surface area contributed by atoms with Crippen molar-refractivity contribution >= 4 is 6.29 Å². The lowest BCUT2D eigenvalue weighted by Gasteiger charge is -2.27. The average molecular weight is 190 g/mol. The molecule has 0 spiro atoms. The quantitative estimate of drug-likeness (QED) is 0.490. The van der Waals surface area contributed by atoms with Gasteiger partial charge in [-0.1, -0.05) is 43.7 Å². The fourth-order valence-electron chi connectivity index (χ4n) is 1.73. The second-order valence-corrected chi connectivity index (χ2v) is 3.75. The van der Waals surface area contributed by atoms with Gasteiger partial charge in [-0.3, -0.25) is 4.79 Å². The van der Waals surface area contributed by atoms with Crippen molar-refractivity contribution in [1.29, 1.82) is 0 Å². The molecule has 0 radical (unpaired) electrons. The van der Waals surface area contributed by atoms with Gasteiger partial charge in [0.25, 0.3) is 0 Å². The monoisotopic (exact) mass is 190 g/mol. The van der Waals surface area contributed by atoms with Gasteiger partial charge in [0.2, 0.25) is 0 Å². The summed E-state index contributed by atoms with van der Waals surface area (Å²) in [6.07, 6.45) is 14.3. The SMILES string of the molecule is CCC1=CCC(C=CC=O)(CC)C=C1. The van der Waals surface area contributed by atoms with Gasteiger partial charge in [-0.25, -0.2) is 0 Å². The molecule has 0 amide bonds. The molecule has 0 bridgehead atoms. The van der Waals surface area contributed by atoms with Crippen molar-refractivity contribution < 1.29 is 4.79 Å². The maximum absolute atomic E-state index is 10.3. The Morgan fingerprint density at radius 1 is 1.50 bits per heavy atom. The van der Waals surface area contributed by atoms with Crippen LogP contribution in [0.25, 0.3) is 0 Å². The molecule has 1 aliphatic rings. The minimum absolute atomic E-state index is 0.0829. The van der Waals surface area contributed by atoms with E-state index in [-0.39, 0.29) is 5.41 Å². The van der Waals surface area contributed by atoms with Gasteiger partial charge in [0, 0.05) is 5.41 Å². The van der Waals surface area contributed by atoms with E-state index in [9.17, 15) is 4.79 Å². The van der Waals surface area contributed by atoms with Crippen LogP contribution in [-0.4, -0.2) is 6.29 Å². The smallest absolute Gasteiger partial charge is 0.142 e. The Bertz CT molecular complexity index is 284. The third kappa shape index (κ3) is 2.44. The van der Waals surface area contributed by atoms with Gasteiger partial charge in [-0.2, -0.15) is 0 Å². The fraction of sp³-hybridized carbons (Fsp3) is 0.462. The van der Waals surface area contributed by atoms with E-state index in [0.29, 0.717) is 0 Å². The van der Waals surface area contributed by atoms with Gasteiger partial charge >= 0.3 is 0 Å². The first-order valence-electron chi connectivity index (χ1n) is 5.27. The van der Waals surface area contributed by atoms with Crippen molar-refractivity contribution in [3.63, 3.8) is 0 Å². The normalized spacial score (nSPS) is 26.6. The standard InChI is InChI=1S/C13H18O/c1-3-12-6-9-13(4-2,10-7-12)8-5-11-14/h5-9,11H,3-4,10H2,1-2H3. The molecule has 1 nitrogen and oxygen atoms in total. The summed E-state index contributed by atoms with van der Waals surface area (Å²) < 4.78 is 0. The summed E-state index contributed by atoms with van der Waals surface area (Å²) >= 11 is 0. The molecule has 0 aromatic rings. The van der Waals surface area contributed by atoms with Crippen LogP contribution < -0.4 is 0 Å². The summed E-state index contributed by atoms with van der Waals surface area (Å²) in [5, 5.41) is 0. The van der Waals surface area contributed by atoms with Crippen LogP contribution in [0.4, 0.5) is 0 Å². The van der Waals surface area contributed by atoms with Crippen molar-refractivity contribution in [2.24, 2.45) is 5.41 Å². The Hall–Kier alpha value is -1.11. The van der Waals surface area contributed by atoms with Crippen molar-refractivity contribution in [2.45, 2.75) is 33.1 Å². The number of rotatable bonds is 4. The van der Waals surface area contributed by atoms with Crippen molar-refractivity contribution in [2.75, 3.05) is 0 Å². The number of aldehydes is 1. The summed E-state index contributed by atoms with van der Waals surface area (Å²) in [7, 11) is 0. The molecule has 0 N–H and O–H groups in total. The second-order valence-electron chi connectivity index (χ2n) is 3.75. The van der Waals surface area contributed by atoms with Crippen molar-refractivity contribution in [3.05, 3.63) is 36.0 Å². The predicted molar refractivity (Wildman–Crippen MR) is 60.1 cm³/mol. The first-order chi connectivity index (χ1) is 6.76. The Kier molecular flexibility index (Phi) is 3.87. The molecule has 0 aliphatic heterocycles. The molecule has 0 aromatic heterocycles. The number of hydrogen-bond donors (Lipinski definition) is 0. The number of carbonyl (C=O) groups is 1. The van der Waals surface area contributed by atoms with Gasteiger partial charge in [0.1, 0.15) is 6.29 Å². The topological polar surface area (TPSA) is 17.1 Å². The van der Waals surface area contributed by atoms with Gasteiger partial charge in [0.15, 0.2) is 0 Å². The van der Waals surface area contributed by atoms with Crippen molar-refractivity contribution in [3.8, 4) is 0 Å². The van der Waals surface area contributed by atoms with E-state index >= 15 is 0 Å². The zero-order chi connectivity index (χ0) is 10.4. The molecule has 1 heteroatoms. The summed E-state index contributed by atoms with van der Waals surface area (Å²) in [6.45, 7) is 4.32. The minimum Gasteiger partial charge on any atom is -0.299 e. The van der Waals surface area contributed by atoms with Crippen molar-refractivity contribution in [1.82, 2.24) is 0 Å². The minimum atomic E-state index is 0.0829. The highest BCUT2D eigenvalue weighted by atomic mass is 16.1. The Labute approximate surface area is 86.2 Å². The second kappa shape index (κ2) is 4.94. The predicted octanol–water partition coefficient (Wildman–Crippen LogP) is 3.43. The third-order valence-electron chi connectivity index (χ3n) is 2.95. The third-order valence-corrected chi connectivity index (χ3v) is 2.95. The molecular weight excluding hydrogens is 172 g/mol. The molecule has 1 atom stereocenters. The lowest BCUT2D eigenvalue weighted by Crippen LogP contribution is -2.15.